The molecule has 3 rings (SSSR count). The Balaban J connectivity index is 1.70. The predicted molar refractivity (Wildman–Crippen MR) is 65.9 cm³/mol. The summed E-state index contributed by atoms with van der Waals surface area (Å²) in [5.41, 5.74) is 7.04. The molecule has 2 aromatic heterocycles. The molecule has 1 fully saturated rings. The van der Waals surface area contributed by atoms with Crippen LogP contribution in [0.5, 0.6) is 0 Å². The summed E-state index contributed by atoms with van der Waals surface area (Å²) < 4.78 is 5.34. The lowest BCUT2D eigenvalue weighted by Crippen LogP contribution is -2.14. The van der Waals surface area contributed by atoms with Gasteiger partial charge >= 0.3 is 0 Å². The van der Waals surface area contributed by atoms with Crippen LogP contribution in [0, 0.1) is 0 Å². The highest BCUT2D eigenvalue weighted by molar-refractivity contribution is 5.15. The summed E-state index contributed by atoms with van der Waals surface area (Å²) in [6.07, 6.45) is 7.28. The van der Waals surface area contributed by atoms with Gasteiger partial charge in [-0.25, -0.2) is 0 Å². The third-order valence-corrected chi connectivity index (χ3v) is 3.42. The lowest BCUT2D eigenvalue weighted by molar-refractivity contribution is 0.350. The number of aromatic nitrogens is 3. The van der Waals surface area contributed by atoms with Gasteiger partial charge in [0.25, 0.3) is 0 Å². The zero-order valence-corrected chi connectivity index (χ0v) is 10.1. The van der Waals surface area contributed by atoms with Crippen molar-refractivity contribution in [3.63, 3.8) is 0 Å². The van der Waals surface area contributed by atoms with Crippen molar-refractivity contribution >= 4 is 0 Å². The standard InChI is InChI=1S/C13H16N4O/c14-11-2-1-10(8-11)13-16-12(17-18-13)7-9-3-5-15-6-4-9/h3-6,10-11H,1-2,7-8,14H2. The summed E-state index contributed by atoms with van der Waals surface area (Å²) in [5.74, 6) is 1.82. The van der Waals surface area contributed by atoms with Gasteiger partial charge < -0.3 is 10.3 Å². The predicted octanol–water partition coefficient (Wildman–Crippen LogP) is 1.65. The second kappa shape index (κ2) is 4.86. The molecule has 2 N–H and O–H groups in total. The van der Waals surface area contributed by atoms with E-state index >= 15 is 0 Å². The molecule has 1 saturated carbocycles. The number of nitrogens with two attached hydrogens (primary N) is 1. The van der Waals surface area contributed by atoms with Gasteiger partial charge in [0.2, 0.25) is 5.89 Å². The normalized spacial score (nSPS) is 23.4. The Kier molecular flexibility index (Phi) is 3.06. The number of pyridine rings is 1. The summed E-state index contributed by atoms with van der Waals surface area (Å²) in [7, 11) is 0. The lowest BCUT2D eigenvalue weighted by atomic mass is 10.1. The van der Waals surface area contributed by atoms with Gasteiger partial charge in [-0.3, -0.25) is 4.98 Å². The van der Waals surface area contributed by atoms with Crippen LogP contribution in [0.1, 0.15) is 42.5 Å². The zero-order chi connectivity index (χ0) is 12.4. The molecule has 0 bridgehead atoms. The third-order valence-electron chi connectivity index (χ3n) is 3.42. The van der Waals surface area contributed by atoms with Crippen molar-refractivity contribution in [1.29, 1.82) is 0 Å². The topological polar surface area (TPSA) is 77.8 Å². The van der Waals surface area contributed by atoms with Crippen LogP contribution in [0.4, 0.5) is 0 Å². The first-order valence-corrected chi connectivity index (χ1v) is 6.28. The van der Waals surface area contributed by atoms with E-state index in [0.717, 1.165) is 36.5 Å². The number of nitrogens with zero attached hydrogens (tertiary/aromatic N) is 3. The Hall–Kier alpha value is -1.75. The van der Waals surface area contributed by atoms with Gasteiger partial charge in [0.1, 0.15) is 0 Å². The Labute approximate surface area is 105 Å². The quantitative estimate of drug-likeness (QED) is 0.888. The van der Waals surface area contributed by atoms with E-state index < -0.39 is 0 Å². The fourth-order valence-corrected chi connectivity index (χ4v) is 2.43. The molecule has 18 heavy (non-hydrogen) atoms. The van der Waals surface area contributed by atoms with Crippen molar-refractivity contribution < 1.29 is 4.52 Å². The molecule has 1 aliphatic carbocycles. The highest BCUT2D eigenvalue weighted by Crippen LogP contribution is 2.32. The van der Waals surface area contributed by atoms with Crippen molar-refractivity contribution in [2.24, 2.45) is 5.73 Å². The SMILES string of the molecule is NC1CCC(c2nc(Cc3ccncc3)no2)C1. The van der Waals surface area contributed by atoms with E-state index in [-0.39, 0.29) is 6.04 Å². The molecule has 2 aromatic rings. The Bertz CT molecular complexity index is 511. The fraction of sp³-hybridized carbons (Fsp3) is 0.462. The van der Waals surface area contributed by atoms with Gasteiger partial charge in [-0.1, -0.05) is 5.16 Å². The molecule has 0 aromatic carbocycles. The van der Waals surface area contributed by atoms with E-state index in [1.165, 1.54) is 0 Å². The number of rotatable bonds is 3. The second-order valence-corrected chi connectivity index (χ2v) is 4.85. The van der Waals surface area contributed by atoms with E-state index in [2.05, 4.69) is 15.1 Å². The van der Waals surface area contributed by atoms with Crippen LogP contribution < -0.4 is 5.73 Å². The first-order chi connectivity index (χ1) is 8.81. The Morgan fingerprint density at radius 2 is 2.11 bits per heavy atom. The molecule has 5 nitrogen and oxygen atoms in total. The van der Waals surface area contributed by atoms with Crippen LogP contribution in [0.25, 0.3) is 0 Å². The average molecular weight is 244 g/mol. The molecule has 1 aliphatic rings. The van der Waals surface area contributed by atoms with Crippen molar-refractivity contribution in [3.05, 3.63) is 41.8 Å². The van der Waals surface area contributed by atoms with E-state index in [1.54, 1.807) is 12.4 Å². The van der Waals surface area contributed by atoms with Gasteiger partial charge in [0.05, 0.1) is 0 Å². The molecule has 2 atom stereocenters. The largest absolute Gasteiger partial charge is 0.339 e. The zero-order valence-electron chi connectivity index (χ0n) is 10.1. The van der Waals surface area contributed by atoms with Gasteiger partial charge in [-0.05, 0) is 37.0 Å². The monoisotopic (exact) mass is 244 g/mol. The van der Waals surface area contributed by atoms with Gasteiger partial charge in [0.15, 0.2) is 5.82 Å². The summed E-state index contributed by atoms with van der Waals surface area (Å²) >= 11 is 0. The Morgan fingerprint density at radius 1 is 1.28 bits per heavy atom. The number of hydrogen-bond acceptors (Lipinski definition) is 5. The van der Waals surface area contributed by atoms with Crippen LogP contribution in [0.15, 0.2) is 29.0 Å². The van der Waals surface area contributed by atoms with Crippen molar-refractivity contribution in [1.82, 2.24) is 15.1 Å². The molecule has 2 unspecified atom stereocenters. The van der Waals surface area contributed by atoms with Crippen molar-refractivity contribution in [2.75, 3.05) is 0 Å². The van der Waals surface area contributed by atoms with E-state index in [4.69, 9.17) is 10.3 Å². The van der Waals surface area contributed by atoms with Crippen molar-refractivity contribution in [3.8, 4) is 0 Å². The molecular formula is C13H16N4O. The minimum absolute atomic E-state index is 0.283. The van der Waals surface area contributed by atoms with Gasteiger partial charge in [-0.2, -0.15) is 4.98 Å². The summed E-state index contributed by atoms with van der Waals surface area (Å²) in [4.78, 5) is 8.45. The summed E-state index contributed by atoms with van der Waals surface area (Å²) in [5, 5.41) is 4.03. The van der Waals surface area contributed by atoms with Gasteiger partial charge in [-0.15, -0.1) is 0 Å². The average Bonchev–Trinajstić information content (AvgIpc) is 2.99. The lowest BCUT2D eigenvalue weighted by Gasteiger charge is -2.01. The van der Waals surface area contributed by atoms with Crippen LogP contribution in [0.2, 0.25) is 0 Å². The Morgan fingerprint density at radius 3 is 2.83 bits per heavy atom. The summed E-state index contributed by atoms with van der Waals surface area (Å²) in [6.45, 7) is 0. The second-order valence-electron chi connectivity index (χ2n) is 4.85. The molecule has 0 aliphatic heterocycles. The highest BCUT2D eigenvalue weighted by Gasteiger charge is 2.27. The van der Waals surface area contributed by atoms with E-state index in [9.17, 15) is 0 Å². The molecule has 0 amide bonds. The minimum atomic E-state index is 0.283. The maximum atomic E-state index is 5.90. The fourth-order valence-electron chi connectivity index (χ4n) is 2.43. The molecule has 0 saturated heterocycles. The van der Waals surface area contributed by atoms with Crippen molar-refractivity contribution in [2.45, 2.75) is 37.6 Å². The highest BCUT2D eigenvalue weighted by atomic mass is 16.5. The van der Waals surface area contributed by atoms with Crippen LogP contribution in [-0.2, 0) is 6.42 Å². The first-order valence-electron chi connectivity index (χ1n) is 6.28. The smallest absolute Gasteiger partial charge is 0.229 e. The van der Waals surface area contributed by atoms with E-state index in [0.29, 0.717) is 12.3 Å². The summed E-state index contributed by atoms with van der Waals surface area (Å²) in [6, 6.07) is 4.20. The third kappa shape index (κ3) is 2.41. The molecular weight excluding hydrogens is 228 g/mol. The van der Waals surface area contributed by atoms with Gasteiger partial charge in [0, 0.05) is 30.8 Å². The maximum absolute atomic E-state index is 5.90. The molecule has 94 valence electrons. The first kappa shape index (κ1) is 11.3. The minimum Gasteiger partial charge on any atom is -0.339 e. The maximum Gasteiger partial charge on any atom is 0.229 e. The van der Waals surface area contributed by atoms with Crippen LogP contribution in [-0.4, -0.2) is 21.2 Å². The molecule has 0 radical (unpaired) electrons. The molecule has 5 heteroatoms. The number of hydrogen-bond donors (Lipinski definition) is 1. The van der Waals surface area contributed by atoms with E-state index in [1.807, 2.05) is 12.1 Å². The molecule has 0 spiro atoms. The van der Waals surface area contributed by atoms with Crippen LogP contribution in [0.3, 0.4) is 0 Å². The van der Waals surface area contributed by atoms with Crippen LogP contribution >= 0.6 is 0 Å². The molecule has 2 heterocycles.